The van der Waals surface area contributed by atoms with Crippen LogP contribution in [0, 0.1) is 5.92 Å². The molecule has 0 aromatic heterocycles. The molecule has 0 N–H and O–H groups in total. The molecule has 58 valence electrons. The molecule has 0 fully saturated rings. The predicted octanol–water partition coefficient (Wildman–Crippen LogP) is 2.57. The molecular formula is C7H12INO. The largest absolute Gasteiger partial charge is 0.388 e. The summed E-state index contributed by atoms with van der Waals surface area (Å²) in [6, 6.07) is 0. The van der Waals surface area contributed by atoms with E-state index in [0.29, 0.717) is 5.92 Å². The highest BCUT2D eigenvalue weighted by atomic mass is 127. The van der Waals surface area contributed by atoms with Gasteiger partial charge in [0.1, 0.15) is 9.32 Å². The van der Waals surface area contributed by atoms with E-state index in [-0.39, 0.29) is 5.60 Å². The summed E-state index contributed by atoms with van der Waals surface area (Å²) in [5.74, 6) is 0.531. The van der Waals surface area contributed by atoms with Crippen molar-refractivity contribution in [3.63, 3.8) is 0 Å². The molecule has 10 heavy (non-hydrogen) atoms. The van der Waals surface area contributed by atoms with Gasteiger partial charge in [0.05, 0.1) is 0 Å². The summed E-state index contributed by atoms with van der Waals surface area (Å²) in [7, 11) is 0. The maximum atomic E-state index is 5.29. The second-order valence-electron chi connectivity index (χ2n) is 3.20. The van der Waals surface area contributed by atoms with Crippen molar-refractivity contribution in [2.24, 2.45) is 11.1 Å². The van der Waals surface area contributed by atoms with Gasteiger partial charge in [-0.2, -0.15) is 0 Å². The van der Waals surface area contributed by atoms with Crippen molar-refractivity contribution in [2.45, 2.75) is 32.8 Å². The van der Waals surface area contributed by atoms with Crippen molar-refractivity contribution in [3.05, 3.63) is 0 Å². The molecule has 0 aromatic rings. The molecule has 0 amide bonds. The van der Waals surface area contributed by atoms with Crippen molar-refractivity contribution >= 4 is 26.3 Å². The Bertz CT molecular complexity index is 167. The van der Waals surface area contributed by atoms with E-state index in [4.69, 9.17) is 4.84 Å². The van der Waals surface area contributed by atoms with Crippen molar-refractivity contribution in [1.29, 1.82) is 0 Å². The van der Waals surface area contributed by atoms with Crippen LogP contribution in [-0.2, 0) is 4.84 Å². The van der Waals surface area contributed by atoms with E-state index in [1.54, 1.807) is 0 Å². The van der Waals surface area contributed by atoms with Gasteiger partial charge in [-0.3, -0.25) is 0 Å². The summed E-state index contributed by atoms with van der Waals surface area (Å²) in [5, 5.41) is 3.91. The Hall–Kier alpha value is 0.200. The van der Waals surface area contributed by atoms with E-state index >= 15 is 0 Å². The van der Waals surface area contributed by atoms with Crippen LogP contribution in [0.3, 0.4) is 0 Å². The molecular weight excluding hydrogens is 241 g/mol. The molecule has 0 bridgehead atoms. The lowest BCUT2D eigenvalue weighted by Crippen LogP contribution is -2.30. The SMILES string of the molecule is CC(C)C1(C)CC(I)=NO1. The van der Waals surface area contributed by atoms with Crippen LogP contribution in [0.2, 0.25) is 0 Å². The Labute approximate surface area is 75.1 Å². The molecule has 1 unspecified atom stereocenters. The predicted molar refractivity (Wildman–Crippen MR) is 50.4 cm³/mol. The molecule has 0 spiro atoms. The Morgan fingerprint density at radius 2 is 2.30 bits per heavy atom. The smallest absolute Gasteiger partial charge is 0.143 e. The molecule has 1 aliphatic rings. The van der Waals surface area contributed by atoms with Gasteiger partial charge in [0.15, 0.2) is 0 Å². The zero-order valence-corrected chi connectivity index (χ0v) is 8.68. The van der Waals surface area contributed by atoms with E-state index in [1.165, 1.54) is 0 Å². The third kappa shape index (κ3) is 1.44. The average molecular weight is 253 g/mol. The van der Waals surface area contributed by atoms with Gasteiger partial charge in [0.25, 0.3) is 0 Å². The number of rotatable bonds is 1. The van der Waals surface area contributed by atoms with Gasteiger partial charge in [0.2, 0.25) is 0 Å². The number of oxime groups is 1. The number of nitrogens with zero attached hydrogens (tertiary/aromatic N) is 1. The fraction of sp³-hybridized carbons (Fsp3) is 0.857. The molecule has 0 aliphatic carbocycles. The Morgan fingerprint density at radius 1 is 1.70 bits per heavy atom. The van der Waals surface area contributed by atoms with Crippen LogP contribution >= 0.6 is 22.6 Å². The van der Waals surface area contributed by atoms with Crippen LogP contribution in [0.1, 0.15) is 27.2 Å². The lowest BCUT2D eigenvalue weighted by atomic mass is 9.90. The fourth-order valence-electron chi connectivity index (χ4n) is 0.818. The second kappa shape index (κ2) is 2.68. The van der Waals surface area contributed by atoms with Gasteiger partial charge in [-0.1, -0.05) is 19.0 Å². The standard InChI is InChI=1S/C7H12INO/c1-5(2)7(3)4-6(8)9-10-7/h5H,4H2,1-3H3. The van der Waals surface area contributed by atoms with E-state index in [0.717, 1.165) is 10.1 Å². The summed E-state index contributed by atoms with van der Waals surface area (Å²) in [6.45, 7) is 6.42. The van der Waals surface area contributed by atoms with Gasteiger partial charge in [0, 0.05) is 6.42 Å². The number of halogens is 1. The highest BCUT2D eigenvalue weighted by Gasteiger charge is 2.36. The topological polar surface area (TPSA) is 21.6 Å². The summed E-state index contributed by atoms with van der Waals surface area (Å²) in [5.41, 5.74) is -0.0451. The first-order chi connectivity index (χ1) is 4.54. The first kappa shape index (κ1) is 8.30. The Kier molecular flexibility index (Phi) is 2.22. The minimum atomic E-state index is -0.0451. The van der Waals surface area contributed by atoms with Crippen LogP contribution in [0.15, 0.2) is 5.16 Å². The van der Waals surface area contributed by atoms with Crippen LogP contribution in [0.25, 0.3) is 0 Å². The molecule has 0 saturated carbocycles. The van der Waals surface area contributed by atoms with E-state index in [9.17, 15) is 0 Å². The van der Waals surface area contributed by atoms with Crippen molar-refractivity contribution in [2.75, 3.05) is 0 Å². The first-order valence-electron chi connectivity index (χ1n) is 3.45. The maximum Gasteiger partial charge on any atom is 0.143 e. The second-order valence-corrected chi connectivity index (χ2v) is 4.45. The van der Waals surface area contributed by atoms with Crippen LogP contribution in [0.4, 0.5) is 0 Å². The fourth-order valence-corrected chi connectivity index (χ4v) is 1.67. The van der Waals surface area contributed by atoms with Crippen LogP contribution in [-0.4, -0.2) is 9.32 Å². The normalized spacial score (nSPS) is 32.3. The van der Waals surface area contributed by atoms with Crippen molar-refractivity contribution < 1.29 is 4.84 Å². The molecule has 0 aromatic carbocycles. The van der Waals surface area contributed by atoms with Gasteiger partial charge >= 0.3 is 0 Å². The molecule has 1 rings (SSSR count). The number of hydrogen-bond acceptors (Lipinski definition) is 2. The first-order valence-corrected chi connectivity index (χ1v) is 4.53. The zero-order valence-electron chi connectivity index (χ0n) is 6.52. The monoisotopic (exact) mass is 253 g/mol. The highest BCUT2D eigenvalue weighted by molar-refractivity contribution is 14.1. The maximum absolute atomic E-state index is 5.29. The lowest BCUT2D eigenvalue weighted by molar-refractivity contribution is -0.0384. The number of hydrogen-bond donors (Lipinski definition) is 0. The summed E-state index contributed by atoms with van der Waals surface area (Å²) < 4.78 is 1.08. The quantitative estimate of drug-likeness (QED) is 0.658. The Balaban J connectivity index is 2.61. The van der Waals surface area contributed by atoms with Crippen molar-refractivity contribution in [1.82, 2.24) is 0 Å². The summed E-state index contributed by atoms with van der Waals surface area (Å²) in [6.07, 6.45) is 0.964. The zero-order chi connectivity index (χ0) is 7.78. The molecule has 1 heterocycles. The van der Waals surface area contributed by atoms with Crippen LogP contribution < -0.4 is 0 Å². The Morgan fingerprint density at radius 3 is 2.50 bits per heavy atom. The summed E-state index contributed by atoms with van der Waals surface area (Å²) >= 11 is 2.22. The molecule has 1 atom stereocenters. The molecule has 1 aliphatic heterocycles. The van der Waals surface area contributed by atoms with Crippen LogP contribution in [0.5, 0.6) is 0 Å². The van der Waals surface area contributed by atoms with E-state index in [1.807, 2.05) is 0 Å². The molecule has 0 saturated heterocycles. The molecule has 3 heteroatoms. The minimum Gasteiger partial charge on any atom is -0.388 e. The molecule has 2 nitrogen and oxygen atoms in total. The lowest BCUT2D eigenvalue weighted by Gasteiger charge is -2.25. The average Bonchev–Trinajstić information content (AvgIpc) is 2.13. The van der Waals surface area contributed by atoms with Gasteiger partial charge < -0.3 is 4.84 Å². The minimum absolute atomic E-state index is 0.0451. The summed E-state index contributed by atoms with van der Waals surface area (Å²) in [4.78, 5) is 5.29. The van der Waals surface area contributed by atoms with Gasteiger partial charge in [-0.25, -0.2) is 0 Å². The van der Waals surface area contributed by atoms with E-state index < -0.39 is 0 Å². The third-order valence-electron chi connectivity index (χ3n) is 2.07. The highest BCUT2D eigenvalue weighted by Crippen LogP contribution is 2.32. The van der Waals surface area contributed by atoms with E-state index in [2.05, 4.69) is 48.5 Å². The third-order valence-corrected chi connectivity index (χ3v) is 2.65. The van der Waals surface area contributed by atoms with Gasteiger partial charge in [-0.15, -0.1) is 0 Å². The van der Waals surface area contributed by atoms with Crippen molar-refractivity contribution in [3.8, 4) is 0 Å². The van der Waals surface area contributed by atoms with Gasteiger partial charge in [-0.05, 0) is 35.4 Å². The molecule has 0 radical (unpaired) electrons.